The van der Waals surface area contributed by atoms with E-state index in [9.17, 15) is 8.42 Å². The third kappa shape index (κ3) is 5.70. The van der Waals surface area contributed by atoms with Crippen LogP contribution >= 0.6 is 15.9 Å². The van der Waals surface area contributed by atoms with Crippen LogP contribution in [0.1, 0.15) is 12.5 Å². The lowest BCUT2D eigenvalue weighted by molar-refractivity contribution is 0.122. The predicted molar refractivity (Wildman–Crippen MR) is 127 cm³/mol. The fourth-order valence-electron chi connectivity index (χ4n) is 4.06. The highest BCUT2D eigenvalue weighted by Gasteiger charge is 2.23. The summed E-state index contributed by atoms with van der Waals surface area (Å²) in [6.45, 7) is 7.39. The smallest absolute Gasteiger partial charge is 0.241 e. The highest BCUT2D eigenvalue weighted by Crippen LogP contribution is 2.22. The Kier molecular flexibility index (Phi) is 7.03. The average molecular weight is 503 g/mol. The van der Waals surface area contributed by atoms with Gasteiger partial charge < -0.3 is 0 Å². The monoisotopic (exact) mass is 502 g/mol. The van der Waals surface area contributed by atoms with Crippen molar-refractivity contribution in [2.45, 2.75) is 24.4 Å². The van der Waals surface area contributed by atoms with Crippen LogP contribution in [0.15, 0.2) is 70.3 Å². The first-order chi connectivity index (χ1) is 14.9. The second-order valence-electron chi connectivity index (χ2n) is 8.08. The minimum atomic E-state index is -3.61. The molecule has 1 saturated heterocycles. The number of rotatable bonds is 7. The fraction of sp³-hybridized carbons (Fsp3) is 0.348. The van der Waals surface area contributed by atoms with Crippen molar-refractivity contribution in [3.05, 3.63) is 71.0 Å². The van der Waals surface area contributed by atoms with E-state index in [1.54, 1.807) is 30.6 Å². The molecule has 0 saturated carbocycles. The maximum Gasteiger partial charge on any atom is 0.241 e. The van der Waals surface area contributed by atoms with Crippen LogP contribution < -0.4 is 4.72 Å². The number of aromatic nitrogens is 1. The number of hydrogen-bond donors (Lipinski definition) is 1. The molecule has 0 spiro atoms. The second-order valence-corrected chi connectivity index (χ2v) is 10.7. The zero-order valence-corrected chi connectivity index (χ0v) is 19.9. The van der Waals surface area contributed by atoms with Crippen molar-refractivity contribution in [3.63, 3.8) is 0 Å². The van der Waals surface area contributed by atoms with E-state index in [1.807, 2.05) is 13.0 Å². The van der Waals surface area contributed by atoms with Crippen molar-refractivity contribution in [2.75, 3.05) is 32.7 Å². The summed E-state index contributed by atoms with van der Waals surface area (Å²) in [6, 6.07) is 15.3. The van der Waals surface area contributed by atoms with Crippen LogP contribution in [0.2, 0.25) is 0 Å². The van der Waals surface area contributed by atoms with Gasteiger partial charge in [0, 0.05) is 72.9 Å². The summed E-state index contributed by atoms with van der Waals surface area (Å²) >= 11 is 3.48. The van der Waals surface area contributed by atoms with Crippen molar-refractivity contribution in [1.29, 1.82) is 0 Å². The van der Waals surface area contributed by atoms with E-state index in [4.69, 9.17) is 0 Å². The lowest BCUT2D eigenvalue weighted by atomic mass is 10.2. The molecule has 31 heavy (non-hydrogen) atoms. The Labute approximate surface area is 192 Å². The summed E-state index contributed by atoms with van der Waals surface area (Å²) in [5.74, 6) is 0. The molecule has 1 aliphatic heterocycles. The average Bonchev–Trinajstić information content (AvgIpc) is 2.76. The number of sulfonamides is 1. The van der Waals surface area contributed by atoms with Crippen molar-refractivity contribution >= 4 is 36.7 Å². The molecule has 0 bridgehead atoms. The molecule has 4 rings (SSSR count). The Hall–Kier alpha value is -1.84. The van der Waals surface area contributed by atoms with Gasteiger partial charge in [-0.15, -0.1) is 0 Å². The van der Waals surface area contributed by atoms with Crippen LogP contribution in [0, 0.1) is 0 Å². The van der Waals surface area contributed by atoms with Crippen molar-refractivity contribution in [3.8, 4) is 0 Å². The van der Waals surface area contributed by atoms with E-state index in [2.05, 4.69) is 59.7 Å². The quantitative estimate of drug-likeness (QED) is 0.535. The molecule has 1 aromatic heterocycles. The zero-order valence-electron chi connectivity index (χ0n) is 17.5. The first kappa shape index (κ1) is 22.4. The Bertz CT molecular complexity index is 1120. The zero-order chi connectivity index (χ0) is 21.8. The number of benzene rings is 2. The topological polar surface area (TPSA) is 65.5 Å². The Balaban J connectivity index is 1.32. The maximum atomic E-state index is 13.0. The lowest BCUT2D eigenvalue weighted by Gasteiger charge is -2.36. The van der Waals surface area contributed by atoms with E-state index >= 15 is 0 Å². The second kappa shape index (κ2) is 9.75. The molecule has 1 aliphatic rings. The largest absolute Gasteiger partial charge is 0.299 e. The van der Waals surface area contributed by atoms with Gasteiger partial charge in [-0.1, -0.05) is 40.2 Å². The Morgan fingerprint density at radius 3 is 2.48 bits per heavy atom. The standard InChI is InChI=1S/C23H27BrN4O2S/c1-18(26-31(29,30)23-4-2-3-20-15-25-10-9-22(20)23)16-27-11-13-28(14-12-27)17-19-5-7-21(24)8-6-19/h2-10,15,18,26H,11-14,16-17H2,1H3/t18-/m1/s1. The molecule has 2 aromatic carbocycles. The van der Waals surface area contributed by atoms with E-state index < -0.39 is 10.0 Å². The summed E-state index contributed by atoms with van der Waals surface area (Å²) in [4.78, 5) is 9.16. The Morgan fingerprint density at radius 2 is 1.74 bits per heavy atom. The van der Waals surface area contributed by atoms with Gasteiger partial charge in [0.05, 0.1) is 4.90 Å². The van der Waals surface area contributed by atoms with Gasteiger partial charge in [0.25, 0.3) is 0 Å². The van der Waals surface area contributed by atoms with E-state index in [-0.39, 0.29) is 6.04 Å². The number of piperazine rings is 1. The first-order valence-corrected chi connectivity index (χ1v) is 12.7. The molecule has 8 heteroatoms. The molecular formula is C23H27BrN4O2S. The van der Waals surface area contributed by atoms with E-state index in [0.29, 0.717) is 16.8 Å². The number of hydrogen-bond acceptors (Lipinski definition) is 5. The lowest BCUT2D eigenvalue weighted by Crippen LogP contribution is -2.50. The van der Waals surface area contributed by atoms with Gasteiger partial charge in [-0.05, 0) is 36.8 Å². The van der Waals surface area contributed by atoms with Crippen LogP contribution in [-0.2, 0) is 16.6 Å². The molecule has 2 heterocycles. The number of pyridine rings is 1. The summed E-state index contributed by atoms with van der Waals surface area (Å²) < 4.78 is 30.0. The molecule has 0 unspecified atom stereocenters. The van der Waals surface area contributed by atoms with Gasteiger partial charge >= 0.3 is 0 Å². The SMILES string of the molecule is C[C@H](CN1CCN(Cc2ccc(Br)cc2)CC1)NS(=O)(=O)c1cccc2cnccc12. The van der Waals surface area contributed by atoms with Gasteiger partial charge in [0.2, 0.25) is 10.0 Å². The molecule has 0 amide bonds. The number of halogens is 1. The minimum absolute atomic E-state index is 0.180. The normalized spacial score (nSPS) is 17.1. The number of nitrogens with zero attached hydrogens (tertiary/aromatic N) is 3. The molecule has 1 atom stereocenters. The molecule has 1 N–H and O–H groups in total. The highest BCUT2D eigenvalue weighted by molar-refractivity contribution is 9.10. The Morgan fingerprint density at radius 1 is 1.03 bits per heavy atom. The van der Waals surface area contributed by atoms with Crippen molar-refractivity contribution in [2.24, 2.45) is 0 Å². The van der Waals surface area contributed by atoms with E-state index in [0.717, 1.165) is 42.6 Å². The summed E-state index contributed by atoms with van der Waals surface area (Å²) in [6.07, 6.45) is 3.31. The fourth-order valence-corrected chi connectivity index (χ4v) is 5.79. The van der Waals surface area contributed by atoms with E-state index in [1.165, 1.54) is 5.56 Å². The number of nitrogens with one attached hydrogen (secondary N) is 1. The van der Waals surface area contributed by atoms with Gasteiger partial charge in [-0.25, -0.2) is 13.1 Å². The van der Waals surface area contributed by atoms with Gasteiger partial charge in [0.15, 0.2) is 0 Å². The first-order valence-electron chi connectivity index (χ1n) is 10.4. The summed E-state index contributed by atoms with van der Waals surface area (Å²) in [7, 11) is -3.61. The maximum absolute atomic E-state index is 13.0. The third-order valence-electron chi connectivity index (χ3n) is 5.60. The van der Waals surface area contributed by atoms with Gasteiger partial charge in [0.1, 0.15) is 0 Å². The van der Waals surface area contributed by atoms with Gasteiger partial charge in [-0.3, -0.25) is 14.8 Å². The molecule has 3 aromatic rings. The third-order valence-corrected chi connectivity index (χ3v) is 7.78. The molecule has 6 nitrogen and oxygen atoms in total. The van der Waals surface area contributed by atoms with Crippen LogP contribution in [0.4, 0.5) is 0 Å². The molecule has 1 fully saturated rings. The van der Waals surface area contributed by atoms with Crippen LogP contribution in [0.5, 0.6) is 0 Å². The summed E-state index contributed by atoms with van der Waals surface area (Å²) in [5, 5.41) is 1.51. The highest BCUT2D eigenvalue weighted by atomic mass is 79.9. The van der Waals surface area contributed by atoms with Gasteiger partial charge in [-0.2, -0.15) is 0 Å². The molecular weight excluding hydrogens is 476 g/mol. The predicted octanol–water partition coefficient (Wildman–Crippen LogP) is 3.48. The molecule has 0 aliphatic carbocycles. The summed E-state index contributed by atoms with van der Waals surface area (Å²) in [5.41, 5.74) is 1.31. The molecule has 164 valence electrons. The van der Waals surface area contributed by atoms with Crippen LogP contribution in [0.25, 0.3) is 10.8 Å². The van der Waals surface area contributed by atoms with Crippen molar-refractivity contribution in [1.82, 2.24) is 19.5 Å². The number of fused-ring (bicyclic) bond motifs is 1. The van der Waals surface area contributed by atoms with Crippen LogP contribution in [-0.4, -0.2) is 62.0 Å². The minimum Gasteiger partial charge on any atom is -0.299 e. The molecule has 0 radical (unpaired) electrons. The van der Waals surface area contributed by atoms with Crippen molar-refractivity contribution < 1.29 is 8.42 Å². The van der Waals surface area contributed by atoms with Crippen LogP contribution in [0.3, 0.4) is 0 Å².